The minimum absolute atomic E-state index is 0.113. The Morgan fingerprint density at radius 1 is 1.19 bits per heavy atom. The molecule has 0 radical (unpaired) electrons. The summed E-state index contributed by atoms with van der Waals surface area (Å²) in [6.07, 6.45) is 0.245. The Morgan fingerprint density at radius 3 is 2.41 bits per heavy atom. The van der Waals surface area contributed by atoms with Gasteiger partial charge in [0.05, 0.1) is 18.0 Å². The molecule has 0 aromatic carbocycles. The molecule has 0 spiro atoms. The number of alkyl halides is 3. The van der Waals surface area contributed by atoms with Gasteiger partial charge in [-0.3, -0.25) is 14.3 Å². The van der Waals surface area contributed by atoms with Gasteiger partial charge in [0, 0.05) is 17.3 Å². The molecule has 1 saturated carbocycles. The van der Waals surface area contributed by atoms with Crippen LogP contribution in [0.25, 0.3) is 0 Å². The van der Waals surface area contributed by atoms with Crippen molar-refractivity contribution in [2.24, 2.45) is 5.92 Å². The summed E-state index contributed by atoms with van der Waals surface area (Å²) in [6.45, 7) is 1.87. The van der Waals surface area contributed by atoms with Crippen LogP contribution in [0.15, 0.2) is 0 Å². The second kappa shape index (κ2) is 8.75. The zero-order valence-corrected chi connectivity index (χ0v) is 15.6. The summed E-state index contributed by atoms with van der Waals surface area (Å²) in [5.74, 6) is -1.94. The highest BCUT2D eigenvalue weighted by Gasteiger charge is 2.32. The van der Waals surface area contributed by atoms with E-state index in [-0.39, 0.29) is 12.3 Å². The van der Waals surface area contributed by atoms with Crippen molar-refractivity contribution >= 4 is 11.9 Å². The summed E-state index contributed by atoms with van der Waals surface area (Å²) in [5, 5.41) is 16.1. The third-order valence-electron chi connectivity index (χ3n) is 5.13. The average molecular weight is 389 g/mol. The van der Waals surface area contributed by atoms with Crippen LogP contribution in [0.2, 0.25) is 0 Å². The molecule has 0 bridgehead atoms. The normalized spacial score (nSPS) is 21.4. The number of hydrogen-bond acceptors (Lipinski definition) is 3. The van der Waals surface area contributed by atoms with Gasteiger partial charge in [-0.05, 0) is 26.7 Å². The smallest absolute Gasteiger partial charge is 0.408 e. The van der Waals surface area contributed by atoms with Gasteiger partial charge in [-0.1, -0.05) is 25.7 Å². The van der Waals surface area contributed by atoms with E-state index in [1.807, 2.05) is 0 Å². The summed E-state index contributed by atoms with van der Waals surface area (Å²) in [5.41, 5.74) is 1.13. The fraction of sp³-hybridized carbons (Fsp3) is 0.722. The first kappa shape index (κ1) is 21.2. The molecule has 9 heteroatoms. The Hall–Kier alpha value is -2.06. The van der Waals surface area contributed by atoms with Crippen LogP contribution in [-0.4, -0.2) is 39.0 Å². The zero-order valence-electron chi connectivity index (χ0n) is 15.6. The Kier molecular flexibility index (Phi) is 6.89. The highest BCUT2D eigenvalue weighted by Crippen LogP contribution is 2.24. The van der Waals surface area contributed by atoms with Gasteiger partial charge < -0.3 is 10.4 Å². The lowest BCUT2D eigenvalue weighted by atomic mass is 9.86. The number of carboxylic acids is 1. The van der Waals surface area contributed by atoms with Crippen molar-refractivity contribution in [3.63, 3.8) is 0 Å². The molecule has 2 atom stereocenters. The van der Waals surface area contributed by atoms with E-state index < -0.39 is 30.7 Å². The van der Waals surface area contributed by atoms with Crippen LogP contribution in [0.4, 0.5) is 13.2 Å². The lowest BCUT2D eigenvalue weighted by molar-refractivity contribution is -0.144. The second-order valence-corrected chi connectivity index (χ2v) is 7.21. The molecule has 1 heterocycles. The fourth-order valence-electron chi connectivity index (χ4n) is 3.68. The first-order chi connectivity index (χ1) is 12.6. The number of amides is 1. The number of carboxylic acid groups (broad SMARTS) is 1. The van der Waals surface area contributed by atoms with E-state index in [1.54, 1.807) is 6.92 Å². The Bertz CT molecular complexity index is 685. The number of nitrogens with zero attached hydrogens (tertiary/aromatic N) is 2. The Balaban J connectivity index is 2.08. The summed E-state index contributed by atoms with van der Waals surface area (Å²) in [7, 11) is 0. The molecule has 1 aromatic rings. The average Bonchev–Trinajstić information content (AvgIpc) is 2.75. The standard InChI is InChI=1S/C18H26F3N3O3/c1-11-14(12(2)24(23-11)10-18(19,20)21)9-16(25)22-15-8-6-4-3-5-7-13(15)17(26)27/h13,15H,3-10H2,1-2H3,(H,22,25)(H,26,27). The van der Waals surface area contributed by atoms with Gasteiger partial charge in [-0.2, -0.15) is 18.3 Å². The Morgan fingerprint density at radius 2 is 1.81 bits per heavy atom. The van der Waals surface area contributed by atoms with Crippen molar-refractivity contribution in [3.8, 4) is 0 Å². The maximum atomic E-state index is 12.6. The van der Waals surface area contributed by atoms with Gasteiger partial charge in [0.2, 0.25) is 5.91 Å². The van der Waals surface area contributed by atoms with E-state index in [4.69, 9.17) is 0 Å². The Labute approximate surface area is 156 Å². The van der Waals surface area contributed by atoms with E-state index in [2.05, 4.69) is 10.4 Å². The molecule has 1 aliphatic carbocycles. The van der Waals surface area contributed by atoms with Crippen LogP contribution in [0.5, 0.6) is 0 Å². The summed E-state index contributed by atoms with van der Waals surface area (Å²) in [6, 6.07) is -0.457. The van der Waals surface area contributed by atoms with Crippen LogP contribution in [-0.2, 0) is 22.6 Å². The van der Waals surface area contributed by atoms with Crippen LogP contribution in [0.3, 0.4) is 0 Å². The molecule has 2 N–H and O–H groups in total. The number of hydrogen-bond donors (Lipinski definition) is 2. The maximum Gasteiger partial charge on any atom is 0.408 e. The molecule has 0 saturated heterocycles. The monoisotopic (exact) mass is 389 g/mol. The fourth-order valence-corrected chi connectivity index (χ4v) is 3.68. The number of carbonyl (C=O) groups excluding carboxylic acids is 1. The van der Waals surface area contributed by atoms with Crippen LogP contribution < -0.4 is 5.32 Å². The van der Waals surface area contributed by atoms with E-state index in [9.17, 15) is 27.9 Å². The van der Waals surface area contributed by atoms with Crippen molar-refractivity contribution in [3.05, 3.63) is 17.0 Å². The summed E-state index contributed by atoms with van der Waals surface area (Å²) in [4.78, 5) is 24.0. The van der Waals surface area contributed by atoms with E-state index in [0.29, 0.717) is 29.8 Å². The predicted octanol–water partition coefficient (Wildman–Crippen LogP) is 3.14. The minimum atomic E-state index is -4.39. The third kappa shape index (κ3) is 5.97. The SMILES string of the molecule is Cc1nn(CC(F)(F)F)c(C)c1CC(=O)NC1CCCCCCC1C(=O)O. The highest BCUT2D eigenvalue weighted by atomic mass is 19.4. The van der Waals surface area contributed by atoms with Crippen molar-refractivity contribution in [1.29, 1.82) is 0 Å². The van der Waals surface area contributed by atoms with Crippen molar-refractivity contribution < 1.29 is 27.9 Å². The van der Waals surface area contributed by atoms with Gasteiger partial charge in [-0.15, -0.1) is 0 Å². The lowest BCUT2D eigenvalue weighted by Crippen LogP contribution is -2.44. The lowest BCUT2D eigenvalue weighted by Gasteiger charge is -2.27. The second-order valence-electron chi connectivity index (χ2n) is 7.21. The number of aliphatic carboxylic acids is 1. The maximum absolute atomic E-state index is 12.6. The third-order valence-corrected chi connectivity index (χ3v) is 5.13. The number of halogens is 3. The molecule has 1 fully saturated rings. The molecule has 1 amide bonds. The first-order valence-corrected chi connectivity index (χ1v) is 9.20. The minimum Gasteiger partial charge on any atom is -0.481 e. The van der Waals surface area contributed by atoms with E-state index in [0.717, 1.165) is 30.4 Å². The number of aryl methyl sites for hydroxylation is 1. The van der Waals surface area contributed by atoms with Gasteiger partial charge in [-0.25, -0.2) is 0 Å². The zero-order chi connectivity index (χ0) is 20.2. The van der Waals surface area contributed by atoms with Crippen LogP contribution >= 0.6 is 0 Å². The number of aromatic nitrogens is 2. The largest absolute Gasteiger partial charge is 0.481 e. The molecule has 1 aliphatic rings. The van der Waals surface area contributed by atoms with Gasteiger partial charge in [0.25, 0.3) is 0 Å². The van der Waals surface area contributed by atoms with Gasteiger partial charge >= 0.3 is 12.1 Å². The van der Waals surface area contributed by atoms with E-state index in [1.165, 1.54) is 6.92 Å². The first-order valence-electron chi connectivity index (χ1n) is 9.20. The molecule has 152 valence electrons. The molecule has 1 aromatic heterocycles. The molecular formula is C18H26F3N3O3. The number of carbonyl (C=O) groups is 2. The summed E-state index contributed by atoms with van der Waals surface area (Å²) >= 11 is 0. The van der Waals surface area contributed by atoms with Crippen LogP contribution in [0, 0.1) is 19.8 Å². The molecular weight excluding hydrogens is 363 g/mol. The van der Waals surface area contributed by atoms with Crippen molar-refractivity contribution in [2.45, 2.75) is 77.6 Å². The van der Waals surface area contributed by atoms with Gasteiger partial charge in [0.1, 0.15) is 6.54 Å². The topological polar surface area (TPSA) is 84.2 Å². The van der Waals surface area contributed by atoms with Crippen molar-refractivity contribution in [2.75, 3.05) is 0 Å². The molecule has 2 rings (SSSR count). The molecule has 2 unspecified atom stereocenters. The van der Waals surface area contributed by atoms with Crippen LogP contribution in [0.1, 0.15) is 55.5 Å². The predicted molar refractivity (Wildman–Crippen MR) is 92.2 cm³/mol. The van der Waals surface area contributed by atoms with E-state index >= 15 is 0 Å². The molecule has 0 aliphatic heterocycles. The van der Waals surface area contributed by atoms with Crippen molar-refractivity contribution in [1.82, 2.24) is 15.1 Å². The number of rotatable bonds is 5. The quantitative estimate of drug-likeness (QED) is 0.810. The highest BCUT2D eigenvalue weighted by molar-refractivity contribution is 5.80. The number of nitrogens with one attached hydrogen (secondary N) is 1. The molecule has 6 nitrogen and oxygen atoms in total. The summed E-state index contributed by atoms with van der Waals surface area (Å²) < 4.78 is 38.7. The van der Waals surface area contributed by atoms with Gasteiger partial charge in [0.15, 0.2) is 0 Å². The molecule has 27 heavy (non-hydrogen) atoms.